The van der Waals surface area contributed by atoms with Gasteiger partial charge in [0.25, 0.3) is 0 Å². The molecular weight excluding hydrogens is 460 g/mol. The lowest BCUT2D eigenvalue weighted by Crippen LogP contribution is -2.37. The van der Waals surface area contributed by atoms with Crippen LogP contribution in [0.5, 0.6) is 0 Å². The van der Waals surface area contributed by atoms with Crippen LogP contribution in [-0.4, -0.2) is 24.8 Å². The van der Waals surface area contributed by atoms with Crippen LogP contribution >= 0.6 is 0 Å². The Labute approximate surface area is 211 Å². The minimum Gasteiger partial charge on any atom is -0.452 e. The van der Waals surface area contributed by atoms with E-state index < -0.39 is 29.6 Å². The smallest absolute Gasteiger partial charge is 0.311 e. The van der Waals surface area contributed by atoms with Gasteiger partial charge in [0.1, 0.15) is 11.6 Å². The summed E-state index contributed by atoms with van der Waals surface area (Å²) in [6.45, 7) is 6.30. The Bertz CT molecular complexity index is 1110. The molecule has 0 bridgehead atoms. The number of rotatable bonds is 12. The predicted octanol–water partition coefficient (Wildman–Crippen LogP) is 6.43. The van der Waals surface area contributed by atoms with Crippen LogP contribution in [-0.2, 0) is 9.53 Å². The van der Waals surface area contributed by atoms with E-state index in [0.29, 0.717) is 16.7 Å². The molecule has 0 spiro atoms. The van der Waals surface area contributed by atoms with Gasteiger partial charge in [-0.25, -0.2) is 8.78 Å². The van der Waals surface area contributed by atoms with Crippen molar-refractivity contribution in [2.45, 2.75) is 39.7 Å². The highest BCUT2D eigenvalue weighted by molar-refractivity contribution is 5.97. The molecule has 0 aliphatic heterocycles. The number of carbonyl (C=O) groups excluding carboxylic acids is 2. The van der Waals surface area contributed by atoms with Crippen molar-refractivity contribution < 1.29 is 23.1 Å². The summed E-state index contributed by atoms with van der Waals surface area (Å²) in [7, 11) is 0. The van der Waals surface area contributed by atoms with E-state index in [2.05, 4.69) is 5.32 Å². The summed E-state index contributed by atoms with van der Waals surface area (Å²) in [6, 6.07) is 18.9. The van der Waals surface area contributed by atoms with Crippen molar-refractivity contribution in [3.05, 3.63) is 107 Å². The van der Waals surface area contributed by atoms with Crippen LogP contribution < -0.4 is 5.32 Å². The molecule has 3 aromatic carbocycles. The second kappa shape index (κ2) is 13.1. The van der Waals surface area contributed by atoms with Gasteiger partial charge in [-0.3, -0.25) is 9.59 Å². The van der Waals surface area contributed by atoms with Crippen molar-refractivity contribution in [3.63, 3.8) is 0 Å². The summed E-state index contributed by atoms with van der Waals surface area (Å²) < 4.78 is 33.9. The lowest BCUT2D eigenvalue weighted by molar-refractivity contribution is -0.154. The highest BCUT2D eigenvalue weighted by atomic mass is 19.1. The molecule has 0 saturated heterocycles. The normalized spacial score (nSPS) is 12.1. The maximum atomic E-state index is 14.0. The van der Waals surface area contributed by atoms with Crippen LogP contribution in [0.25, 0.3) is 0 Å². The third-order valence-electron chi connectivity index (χ3n) is 6.48. The first kappa shape index (κ1) is 27.2. The monoisotopic (exact) mass is 493 g/mol. The second-order valence-electron chi connectivity index (χ2n) is 9.03. The summed E-state index contributed by atoms with van der Waals surface area (Å²) in [5.41, 5.74) is 2.51. The van der Waals surface area contributed by atoms with Gasteiger partial charge in [-0.1, -0.05) is 80.8 Å². The Morgan fingerprint density at radius 3 is 1.92 bits per heavy atom. The highest BCUT2D eigenvalue weighted by Gasteiger charge is 2.31. The predicted molar refractivity (Wildman–Crippen MR) is 137 cm³/mol. The fraction of sp³-hybridized carbons (Fsp3) is 0.333. The number of esters is 1. The van der Waals surface area contributed by atoms with E-state index in [0.717, 1.165) is 18.4 Å². The number of carbonyl (C=O) groups is 2. The zero-order chi connectivity index (χ0) is 26.1. The van der Waals surface area contributed by atoms with Gasteiger partial charge in [-0.15, -0.1) is 0 Å². The number of Topliss-reactive ketones (excluding diaryl/α,β-unsaturated/α-hetero) is 1. The molecule has 3 aromatic rings. The van der Waals surface area contributed by atoms with Crippen LogP contribution in [0.3, 0.4) is 0 Å². The number of nitrogens with one attached hydrogen (secondary N) is 1. The van der Waals surface area contributed by atoms with E-state index in [4.69, 9.17) is 4.74 Å². The molecule has 0 heterocycles. The van der Waals surface area contributed by atoms with Crippen LogP contribution in [0, 0.1) is 30.4 Å². The molecule has 36 heavy (non-hydrogen) atoms. The highest BCUT2D eigenvalue weighted by Crippen LogP contribution is 2.30. The number of hydrogen-bond donors (Lipinski definition) is 1. The third kappa shape index (κ3) is 7.31. The molecule has 0 fully saturated rings. The van der Waals surface area contributed by atoms with Gasteiger partial charge >= 0.3 is 5.97 Å². The molecule has 1 N–H and O–H groups in total. The topological polar surface area (TPSA) is 55.4 Å². The molecule has 4 nitrogen and oxygen atoms in total. The van der Waals surface area contributed by atoms with Gasteiger partial charge in [0.2, 0.25) is 0 Å². The summed E-state index contributed by atoms with van der Waals surface area (Å²) >= 11 is 0. The Morgan fingerprint density at radius 2 is 1.42 bits per heavy atom. The quantitative estimate of drug-likeness (QED) is 0.233. The lowest BCUT2D eigenvalue weighted by Gasteiger charge is -2.27. The largest absolute Gasteiger partial charge is 0.452 e. The number of benzene rings is 3. The van der Waals surface area contributed by atoms with Crippen molar-refractivity contribution in [3.8, 4) is 0 Å². The fourth-order valence-electron chi connectivity index (χ4n) is 4.35. The molecule has 1 unspecified atom stereocenters. The average Bonchev–Trinajstić information content (AvgIpc) is 2.87. The number of halogens is 2. The molecular formula is C30H33F2NO3. The van der Waals surface area contributed by atoms with Crippen LogP contribution in [0.4, 0.5) is 8.78 Å². The van der Waals surface area contributed by atoms with Gasteiger partial charge < -0.3 is 10.1 Å². The molecule has 0 aromatic heterocycles. The zero-order valence-corrected chi connectivity index (χ0v) is 21.0. The Kier molecular flexibility index (Phi) is 9.88. The molecule has 0 aliphatic carbocycles. The minimum absolute atomic E-state index is 0.0140. The number of aryl methyl sites for hydroxylation is 1. The lowest BCUT2D eigenvalue weighted by atomic mass is 9.87. The SMILES string of the molecule is CCC(CC)C(CNCC(=O)c1ccc(C)cc1)C(=O)OC(c1cccc(F)c1)c1cccc(F)c1. The first-order valence-electron chi connectivity index (χ1n) is 12.3. The summed E-state index contributed by atoms with van der Waals surface area (Å²) in [4.78, 5) is 26.1. The average molecular weight is 494 g/mol. The molecule has 190 valence electrons. The Hall–Kier alpha value is -3.38. The minimum atomic E-state index is -0.963. The molecule has 3 rings (SSSR count). The maximum Gasteiger partial charge on any atom is 0.311 e. The molecule has 0 radical (unpaired) electrons. The standard InChI is InChI=1S/C30H33F2NO3/c1-4-21(5-2)27(18-33-19-28(34)22-14-12-20(3)13-15-22)30(35)36-29(23-8-6-10-25(31)16-23)24-9-7-11-26(32)17-24/h6-17,21,27,29,33H,4-5,18-19H2,1-3H3. The van der Waals surface area contributed by atoms with Crippen molar-refractivity contribution in [2.75, 3.05) is 13.1 Å². The second-order valence-corrected chi connectivity index (χ2v) is 9.03. The van der Waals surface area contributed by atoms with Crippen LogP contribution in [0.2, 0.25) is 0 Å². The first-order valence-corrected chi connectivity index (χ1v) is 12.3. The molecule has 0 amide bonds. The fourth-order valence-corrected chi connectivity index (χ4v) is 4.35. The molecule has 0 aliphatic rings. The number of ketones is 1. The molecule has 0 saturated carbocycles. The molecule has 1 atom stereocenters. The van der Waals surface area contributed by atoms with E-state index in [1.807, 2.05) is 32.9 Å². The Balaban J connectivity index is 1.78. The van der Waals surface area contributed by atoms with E-state index in [1.54, 1.807) is 24.3 Å². The summed E-state index contributed by atoms with van der Waals surface area (Å²) in [6.07, 6.45) is 0.526. The summed E-state index contributed by atoms with van der Waals surface area (Å²) in [5.74, 6) is -2.01. The van der Waals surface area contributed by atoms with Crippen molar-refractivity contribution in [2.24, 2.45) is 11.8 Å². The summed E-state index contributed by atoms with van der Waals surface area (Å²) in [5, 5.41) is 3.13. The van der Waals surface area contributed by atoms with Gasteiger partial charge in [-0.05, 0) is 48.2 Å². The van der Waals surface area contributed by atoms with E-state index in [9.17, 15) is 18.4 Å². The van der Waals surface area contributed by atoms with Crippen LogP contribution in [0.1, 0.15) is 59.8 Å². The van der Waals surface area contributed by atoms with E-state index >= 15 is 0 Å². The zero-order valence-electron chi connectivity index (χ0n) is 21.0. The number of ether oxygens (including phenoxy) is 1. The van der Waals surface area contributed by atoms with Crippen LogP contribution in [0.15, 0.2) is 72.8 Å². The van der Waals surface area contributed by atoms with E-state index in [-0.39, 0.29) is 24.8 Å². The van der Waals surface area contributed by atoms with E-state index in [1.165, 1.54) is 36.4 Å². The van der Waals surface area contributed by atoms with Crippen molar-refractivity contribution in [1.29, 1.82) is 0 Å². The maximum absolute atomic E-state index is 14.0. The van der Waals surface area contributed by atoms with Crippen molar-refractivity contribution >= 4 is 11.8 Å². The first-order chi connectivity index (χ1) is 17.3. The third-order valence-corrected chi connectivity index (χ3v) is 6.48. The Morgan fingerprint density at radius 1 is 0.861 bits per heavy atom. The van der Waals surface area contributed by atoms with Gasteiger partial charge in [0.05, 0.1) is 12.5 Å². The van der Waals surface area contributed by atoms with Crippen molar-refractivity contribution in [1.82, 2.24) is 5.32 Å². The molecule has 6 heteroatoms. The number of hydrogen-bond acceptors (Lipinski definition) is 4. The van der Waals surface area contributed by atoms with Gasteiger partial charge in [0.15, 0.2) is 11.9 Å². The van der Waals surface area contributed by atoms with Gasteiger partial charge in [0, 0.05) is 12.1 Å². The van der Waals surface area contributed by atoms with Gasteiger partial charge in [-0.2, -0.15) is 0 Å².